The first-order valence-corrected chi connectivity index (χ1v) is 9.88. The van der Waals surface area contributed by atoms with Gasteiger partial charge in [0.05, 0.1) is 10.6 Å². The Morgan fingerprint density at radius 2 is 2.00 bits per heavy atom. The summed E-state index contributed by atoms with van der Waals surface area (Å²) in [5.74, 6) is -0.264. The Labute approximate surface area is 171 Å². The summed E-state index contributed by atoms with van der Waals surface area (Å²) in [4.78, 5) is 17.3. The maximum absolute atomic E-state index is 12.4. The number of carbonyl (C=O) groups excluding carboxylic acids is 1. The molecule has 1 amide bonds. The van der Waals surface area contributed by atoms with Crippen molar-refractivity contribution in [1.82, 2.24) is 4.57 Å². The van der Waals surface area contributed by atoms with Crippen LogP contribution in [0.15, 0.2) is 53.5 Å². The predicted octanol–water partition coefficient (Wildman–Crippen LogP) is 5.19. The van der Waals surface area contributed by atoms with Gasteiger partial charge in [-0.2, -0.15) is 0 Å². The van der Waals surface area contributed by atoms with E-state index in [0.717, 1.165) is 22.4 Å². The van der Waals surface area contributed by atoms with Gasteiger partial charge in [0.15, 0.2) is 3.95 Å². The molecule has 7 heteroatoms. The molecule has 0 unspecified atom stereocenters. The Hall–Kier alpha value is -3.03. The number of aryl methyl sites for hydroxylation is 1. The van der Waals surface area contributed by atoms with Crippen LogP contribution in [0.4, 0.5) is 11.4 Å². The maximum atomic E-state index is 12.4. The highest BCUT2D eigenvalue weighted by Crippen LogP contribution is 2.35. The van der Waals surface area contributed by atoms with E-state index in [1.807, 2.05) is 61.5 Å². The largest absolute Gasteiger partial charge is 0.493 e. The average Bonchev–Trinajstić information content (AvgIpc) is 3.20. The summed E-state index contributed by atoms with van der Waals surface area (Å²) in [6.45, 7) is 1.93. The lowest BCUT2D eigenvalue weighted by atomic mass is 10.1. The Morgan fingerprint density at radius 1 is 1.25 bits per heavy atom. The summed E-state index contributed by atoms with van der Waals surface area (Å²) in [5, 5.41) is 13.4. The van der Waals surface area contributed by atoms with Crippen LogP contribution in [0.1, 0.15) is 16.0 Å². The number of hydrogen-bond acceptors (Lipinski definition) is 5. The second kappa shape index (κ2) is 7.53. The molecule has 1 aliphatic heterocycles. The van der Waals surface area contributed by atoms with E-state index in [1.165, 1.54) is 15.9 Å². The van der Waals surface area contributed by atoms with Crippen molar-refractivity contribution in [3.05, 3.63) is 68.5 Å². The Bertz CT molecular complexity index is 1170. The SMILES string of the molecule is Cc1ccc(NC(=O)Cn2c(O)c(/C=C3\C=Nc4ccccc43)sc2=S)cc1. The number of anilines is 1. The van der Waals surface area contributed by atoms with Crippen LogP contribution in [-0.4, -0.2) is 21.8 Å². The van der Waals surface area contributed by atoms with Crippen LogP contribution in [0.3, 0.4) is 0 Å². The molecule has 3 aromatic rings. The number of nitrogens with one attached hydrogen (secondary N) is 1. The first-order valence-electron chi connectivity index (χ1n) is 8.65. The quantitative estimate of drug-likeness (QED) is 0.585. The number of carbonyl (C=O) groups is 1. The molecule has 0 saturated heterocycles. The van der Waals surface area contributed by atoms with E-state index in [1.54, 1.807) is 6.21 Å². The molecule has 2 aromatic carbocycles. The fraction of sp³-hybridized carbons (Fsp3) is 0.0952. The third-order valence-electron chi connectivity index (χ3n) is 4.38. The molecule has 4 rings (SSSR count). The average molecular weight is 408 g/mol. The minimum atomic E-state index is -0.250. The smallest absolute Gasteiger partial charge is 0.244 e. The summed E-state index contributed by atoms with van der Waals surface area (Å²) in [6, 6.07) is 15.3. The van der Waals surface area contributed by atoms with Crippen molar-refractivity contribution in [1.29, 1.82) is 0 Å². The molecule has 2 heterocycles. The van der Waals surface area contributed by atoms with Crippen molar-refractivity contribution in [3.8, 4) is 5.88 Å². The number of aromatic nitrogens is 1. The molecule has 5 nitrogen and oxygen atoms in total. The monoisotopic (exact) mass is 407 g/mol. The van der Waals surface area contributed by atoms with Crippen LogP contribution in [0.25, 0.3) is 11.6 Å². The second-order valence-corrected chi connectivity index (χ2v) is 8.11. The number of amides is 1. The normalized spacial score (nSPS) is 13.7. The van der Waals surface area contributed by atoms with Gasteiger partial charge >= 0.3 is 0 Å². The molecule has 0 spiro atoms. The number of rotatable bonds is 4. The lowest BCUT2D eigenvalue weighted by molar-refractivity contribution is -0.116. The molecule has 0 bridgehead atoms. The molecule has 0 saturated carbocycles. The maximum Gasteiger partial charge on any atom is 0.244 e. The number of fused-ring (bicyclic) bond motifs is 1. The minimum Gasteiger partial charge on any atom is -0.493 e. The molecule has 0 aliphatic carbocycles. The summed E-state index contributed by atoms with van der Waals surface area (Å²) in [7, 11) is 0. The van der Waals surface area contributed by atoms with Gasteiger partial charge in [-0.05, 0) is 43.4 Å². The van der Waals surface area contributed by atoms with Gasteiger partial charge in [-0.15, -0.1) is 11.3 Å². The van der Waals surface area contributed by atoms with E-state index in [-0.39, 0.29) is 18.3 Å². The molecule has 0 atom stereocenters. The Kier molecular flexibility index (Phi) is 4.93. The van der Waals surface area contributed by atoms with Gasteiger partial charge < -0.3 is 10.4 Å². The van der Waals surface area contributed by atoms with E-state index in [2.05, 4.69) is 10.3 Å². The van der Waals surface area contributed by atoms with Crippen LogP contribution < -0.4 is 5.32 Å². The first-order chi connectivity index (χ1) is 13.5. The number of benzene rings is 2. The first kappa shape index (κ1) is 18.3. The Morgan fingerprint density at radius 3 is 2.79 bits per heavy atom. The topological polar surface area (TPSA) is 66.6 Å². The van der Waals surface area contributed by atoms with E-state index in [4.69, 9.17) is 12.2 Å². The van der Waals surface area contributed by atoms with E-state index >= 15 is 0 Å². The lowest BCUT2D eigenvalue weighted by Crippen LogP contribution is -2.18. The molecule has 28 heavy (non-hydrogen) atoms. The molecule has 0 radical (unpaired) electrons. The molecular formula is C21H17N3O2S2. The number of nitrogens with zero attached hydrogens (tertiary/aromatic N) is 2. The van der Waals surface area contributed by atoms with Crippen molar-refractivity contribution in [3.63, 3.8) is 0 Å². The van der Waals surface area contributed by atoms with Crippen molar-refractivity contribution in [2.75, 3.05) is 5.32 Å². The summed E-state index contributed by atoms with van der Waals surface area (Å²) < 4.78 is 1.88. The van der Waals surface area contributed by atoms with Gasteiger partial charge in [0, 0.05) is 23.0 Å². The summed E-state index contributed by atoms with van der Waals surface area (Å²) in [5.41, 5.74) is 4.63. The fourth-order valence-corrected chi connectivity index (χ4v) is 4.18. The van der Waals surface area contributed by atoms with Crippen LogP contribution in [0.5, 0.6) is 5.88 Å². The number of aromatic hydroxyl groups is 1. The van der Waals surface area contributed by atoms with Gasteiger partial charge in [0.25, 0.3) is 0 Å². The summed E-state index contributed by atoms with van der Waals surface area (Å²) in [6.07, 6.45) is 3.61. The van der Waals surface area contributed by atoms with Crippen LogP contribution >= 0.6 is 23.6 Å². The van der Waals surface area contributed by atoms with Crippen molar-refractivity contribution >= 4 is 58.7 Å². The zero-order chi connectivity index (χ0) is 19.7. The fourth-order valence-electron chi connectivity index (χ4n) is 2.92. The third-order valence-corrected chi connectivity index (χ3v) is 5.76. The molecule has 1 aliphatic rings. The second-order valence-electron chi connectivity index (χ2n) is 6.43. The van der Waals surface area contributed by atoms with Gasteiger partial charge in [-0.1, -0.05) is 35.9 Å². The van der Waals surface area contributed by atoms with Crippen LogP contribution in [-0.2, 0) is 11.3 Å². The standard InChI is InChI=1S/C21H17N3O2S2/c1-13-6-8-15(9-7-13)23-19(25)12-24-20(26)18(28-21(24)27)10-14-11-22-17-5-3-2-4-16(14)17/h2-11,26H,12H2,1H3,(H,23,25)/b14-10+. The highest BCUT2D eigenvalue weighted by molar-refractivity contribution is 7.73. The van der Waals surface area contributed by atoms with Crippen molar-refractivity contribution in [2.24, 2.45) is 4.99 Å². The van der Waals surface area contributed by atoms with Crippen LogP contribution in [0, 0.1) is 10.9 Å². The molecule has 140 valence electrons. The van der Waals surface area contributed by atoms with Crippen molar-refractivity contribution in [2.45, 2.75) is 13.5 Å². The van der Waals surface area contributed by atoms with E-state index < -0.39 is 0 Å². The minimum absolute atomic E-state index is 0.0145. The zero-order valence-corrected chi connectivity index (χ0v) is 16.7. The lowest BCUT2D eigenvalue weighted by Gasteiger charge is -2.07. The number of aliphatic imine (C=N–C) groups is 1. The third kappa shape index (κ3) is 3.67. The van der Waals surface area contributed by atoms with Crippen LogP contribution in [0.2, 0.25) is 0 Å². The number of thiazole rings is 1. The Balaban J connectivity index is 1.56. The van der Waals surface area contributed by atoms with Crippen molar-refractivity contribution < 1.29 is 9.90 Å². The highest BCUT2D eigenvalue weighted by atomic mass is 32.1. The van der Waals surface area contributed by atoms with E-state index in [9.17, 15) is 9.90 Å². The zero-order valence-electron chi connectivity index (χ0n) is 15.0. The molecule has 1 aromatic heterocycles. The summed E-state index contributed by atoms with van der Waals surface area (Å²) >= 11 is 6.62. The predicted molar refractivity (Wildman–Crippen MR) is 117 cm³/mol. The van der Waals surface area contributed by atoms with Gasteiger partial charge in [-0.3, -0.25) is 14.4 Å². The van der Waals surface area contributed by atoms with Gasteiger partial charge in [0.2, 0.25) is 11.8 Å². The van der Waals surface area contributed by atoms with E-state index in [0.29, 0.717) is 14.5 Å². The number of hydrogen-bond donors (Lipinski definition) is 2. The number of para-hydroxylation sites is 1. The molecular weight excluding hydrogens is 390 g/mol. The molecule has 2 N–H and O–H groups in total. The molecule has 0 fully saturated rings. The van der Waals surface area contributed by atoms with Gasteiger partial charge in [-0.25, -0.2) is 0 Å². The van der Waals surface area contributed by atoms with Gasteiger partial charge in [0.1, 0.15) is 6.54 Å². The highest BCUT2D eigenvalue weighted by Gasteiger charge is 2.16. The number of allylic oxidation sites excluding steroid dienone is 1.